The van der Waals surface area contributed by atoms with Crippen molar-refractivity contribution in [2.24, 2.45) is 22.6 Å². The standard InChI is InChI=1S/C25H38N4/c1-5-9-22-12-13-23(25(22)26)21(6-2)17-28-18-27-15-14-19(3)16-29-24-11-8-7-10-20(24)4/h5-11,17,19,23,27,29H,12-16,18,26H2,1-4H3/b9-5-,21-6+,28-17?. The van der Waals surface area contributed by atoms with E-state index in [1.165, 1.54) is 22.4 Å². The zero-order valence-electron chi connectivity index (χ0n) is 18.5. The van der Waals surface area contributed by atoms with Gasteiger partial charge in [-0.15, -0.1) is 0 Å². The van der Waals surface area contributed by atoms with Crippen LogP contribution in [0.3, 0.4) is 0 Å². The Bertz CT molecular complexity index is 758. The molecule has 1 aliphatic carbocycles. The Labute approximate surface area is 177 Å². The summed E-state index contributed by atoms with van der Waals surface area (Å²) in [6.45, 7) is 11.1. The molecule has 0 bridgehead atoms. The van der Waals surface area contributed by atoms with Gasteiger partial charge in [0.05, 0.1) is 6.67 Å². The third kappa shape index (κ3) is 7.21. The molecule has 2 unspecified atom stereocenters. The first-order valence-electron chi connectivity index (χ1n) is 10.8. The van der Waals surface area contributed by atoms with Crippen LogP contribution in [0, 0.1) is 18.8 Å². The van der Waals surface area contributed by atoms with Crippen LogP contribution in [0.2, 0.25) is 0 Å². The molecule has 0 heterocycles. The fourth-order valence-electron chi connectivity index (χ4n) is 3.72. The molecular weight excluding hydrogens is 356 g/mol. The van der Waals surface area contributed by atoms with Gasteiger partial charge in [-0.1, -0.05) is 43.4 Å². The molecule has 1 aromatic carbocycles. The lowest BCUT2D eigenvalue weighted by molar-refractivity contribution is 0.525. The van der Waals surface area contributed by atoms with Gasteiger partial charge in [-0.3, -0.25) is 10.3 Å². The molecule has 1 aromatic rings. The number of benzene rings is 1. The minimum atomic E-state index is 0.308. The molecule has 0 aromatic heterocycles. The summed E-state index contributed by atoms with van der Waals surface area (Å²) in [4.78, 5) is 4.58. The molecule has 2 atom stereocenters. The quantitative estimate of drug-likeness (QED) is 0.357. The van der Waals surface area contributed by atoms with E-state index >= 15 is 0 Å². The van der Waals surface area contributed by atoms with Gasteiger partial charge in [0.2, 0.25) is 0 Å². The summed E-state index contributed by atoms with van der Waals surface area (Å²) in [7, 11) is 0. The number of aryl methyl sites for hydroxylation is 1. The highest BCUT2D eigenvalue weighted by Crippen LogP contribution is 2.33. The highest BCUT2D eigenvalue weighted by molar-refractivity contribution is 5.80. The van der Waals surface area contributed by atoms with Gasteiger partial charge in [-0.2, -0.15) is 0 Å². The third-order valence-corrected chi connectivity index (χ3v) is 5.60. The molecule has 0 aliphatic heterocycles. The molecule has 1 aliphatic rings. The molecule has 4 nitrogen and oxygen atoms in total. The summed E-state index contributed by atoms with van der Waals surface area (Å²) in [5, 5.41) is 6.98. The Morgan fingerprint density at radius 1 is 1.31 bits per heavy atom. The van der Waals surface area contributed by atoms with Gasteiger partial charge < -0.3 is 11.1 Å². The first-order chi connectivity index (χ1) is 14.1. The van der Waals surface area contributed by atoms with Gasteiger partial charge in [0.1, 0.15) is 0 Å². The topological polar surface area (TPSA) is 62.4 Å². The van der Waals surface area contributed by atoms with Gasteiger partial charge in [0.15, 0.2) is 0 Å². The molecule has 158 valence electrons. The second-order valence-corrected chi connectivity index (χ2v) is 7.92. The van der Waals surface area contributed by atoms with Crippen LogP contribution in [0.4, 0.5) is 5.69 Å². The van der Waals surface area contributed by atoms with Crippen molar-refractivity contribution in [3.63, 3.8) is 0 Å². The Morgan fingerprint density at radius 3 is 2.83 bits per heavy atom. The lowest BCUT2D eigenvalue weighted by Gasteiger charge is -2.15. The van der Waals surface area contributed by atoms with Crippen LogP contribution in [0.25, 0.3) is 0 Å². The van der Waals surface area contributed by atoms with Crippen molar-refractivity contribution in [3.05, 3.63) is 64.9 Å². The molecule has 2 rings (SSSR count). The van der Waals surface area contributed by atoms with Crippen LogP contribution in [0.5, 0.6) is 0 Å². The highest BCUT2D eigenvalue weighted by Gasteiger charge is 2.24. The number of anilines is 1. The van der Waals surface area contributed by atoms with E-state index in [0.717, 1.165) is 38.0 Å². The summed E-state index contributed by atoms with van der Waals surface area (Å²) in [5.74, 6) is 0.910. The van der Waals surface area contributed by atoms with Gasteiger partial charge in [0, 0.05) is 30.1 Å². The summed E-state index contributed by atoms with van der Waals surface area (Å²) < 4.78 is 0. The smallest absolute Gasteiger partial charge is 0.0884 e. The number of para-hydroxylation sites is 1. The molecule has 0 radical (unpaired) electrons. The minimum Gasteiger partial charge on any atom is -0.401 e. The monoisotopic (exact) mass is 394 g/mol. The van der Waals surface area contributed by atoms with E-state index in [4.69, 9.17) is 5.73 Å². The normalized spacial score (nSPS) is 18.9. The first-order valence-corrected chi connectivity index (χ1v) is 10.8. The van der Waals surface area contributed by atoms with Gasteiger partial charge in [-0.25, -0.2) is 0 Å². The summed E-state index contributed by atoms with van der Waals surface area (Å²) >= 11 is 0. The van der Waals surface area contributed by atoms with Crippen molar-refractivity contribution in [3.8, 4) is 0 Å². The van der Waals surface area contributed by atoms with Crippen molar-refractivity contribution >= 4 is 11.9 Å². The average molecular weight is 395 g/mol. The number of hydrogen-bond acceptors (Lipinski definition) is 4. The van der Waals surface area contributed by atoms with Gasteiger partial charge >= 0.3 is 0 Å². The first kappa shape index (κ1) is 23.0. The number of allylic oxidation sites excluding steroid dienone is 5. The van der Waals surface area contributed by atoms with Crippen molar-refractivity contribution in [2.75, 3.05) is 25.1 Å². The van der Waals surface area contributed by atoms with Crippen LogP contribution in [0.1, 0.15) is 45.6 Å². The van der Waals surface area contributed by atoms with E-state index in [1.54, 1.807) is 0 Å². The Morgan fingerprint density at radius 2 is 2.10 bits per heavy atom. The van der Waals surface area contributed by atoms with E-state index < -0.39 is 0 Å². The maximum absolute atomic E-state index is 6.36. The van der Waals surface area contributed by atoms with Crippen LogP contribution < -0.4 is 16.4 Å². The van der Waals surface area contributed by atoms with Gasteiger partial charge in [-0.05, 0) is 75.3 Å². The highest BCUT2D eigenvalue weighted by atomic mass is 15.0. The fraction of sp³-hybridized carbons (Fsp3) is 0.480. The number of rotatable bonds is 11. The number of aliphatic imine (C=N–C) groups is 1. The molecular formula is C25H38N4. The molecule has 0 spiro atoms. The molecule has 0 fully saturated rings. The SMILES string of the molecule is C/C=C\C1=C(N)C(/C(C=NCNCCC(C)CNc2ccccc2C)=C/C)CC1. The van der Waals surface area contributed by atoms with Crippen LogP contribution in [-0.4, -0.2) is 26.0 Å². The van der Waals surface area contributed by atoms with Crippen molar-refractivity contribution in [1.82, 2.24) is 5.32 Å². The predicted octanol–water partition coefficient (Wildman–Crippen LogP) is 5.20. The number of nitrogens with one attached hydrogen (secondary N) is 2. The van der Waals surface area contributed by atoms with Crippen LogP contribution >= 0.6 is 0 Å². The second-order valence-electron chi connectivity index (χ2n) is 7.92. The fourth-order valence-corrected chi connectivity index (χ4v) is 3.72. The average Bonchev–Trinajstić information content (AvgIpc) is 3.07. The Balaban J connectivity index is 1.67. The van der Waals surface area contributed by atoms with E-state index in [1.807, 2.05) is 13.1 Å². The third-order valence-electron chi connectivity index (χ3n) is 5.60. The predicted molar refractivity (Wildman–Crippen MR) is 127 cm³/mol. The van der Waals surface area contributed by atoms with Crippen LogP contribution in [0.15, 0.2) is 64.3 Å². The van der Waals surface area contributed by atoms with E-state index in [9.17, 15) is 0 Å². The van der Waals surface area contributed by atoms with E-state index in [-0.39, 0.29) is 0 Å². The molecule has 0 amide bonds. The molecule has 0 saturated heterocycles. The zero-order valence-corrected chi connectivity index (χ0v) is 18.5. The number of nitrogens with zero attached hydrogens (tertiary/aromatic N) is 1. The molecule has 4 heteroatoms. The molecule has 4 N–H and O–H groups in total. The maximum Gasteiger partial charge on any atom is 0.0884 e. The van der Waals surface area contributed by atoms with Gasteiger partial charge in [0.25, 0.3) is 0 Å². The molecule has 29 heavy (non-hydrogen) atoms. The largest absolute Gasteiger partial charge is 0.401 e. The summed E-state index contributed by atoms with van der Waals surface area (Å²) in [6, 6.07) is 8.43. The van der Waals surface area contributed by atoms with Crippen molar-refractivity contribution in [2.45, 2.75) is 47.0 Å². The Kier molecular flexibility index (Phi) is 9.72. The van der Waals surface area contributed by atoms with E-state index in [2.05, 4.69) is 78.9 Å². The number of hydrogen-bond donors (Lipinski definition) is 3. The maximum atomic E-state index is 6.36. The van der Waals surface area contributed by atoms with Crippen molar-refractivity contribution < 1.29 is 0 Å². The lowest BCUT2D eigenvalue weighted by atomic mass is 9.97. The van der Waals surface area contributed by atoms with E-state index in [0.29, 0.717) is 18.5 Å². The van der Waals surface area contributed by atoms with Crippen molar-refractivity contribution in [1.29, 1.82) is 0 Å². The molecule has 0 saturated carbocycles. The lowest BCUT2D eigenvalue weighted by Crippen LogP contribution is -2.21. The zero-order chi connectivity index (χ0) is 21.1. The summed E-state index contributed by atoms with van der Waals surface area (Å²) in [6.07, 6.45) is 11.6. The van der Waals surface area contributed by atoms with Crippen LogP contribution in [-0.2, 0) is 0 Å². The Hall–Kier alpha value is -2.33. The second kappa shape index (κ2) is 12.3. The number of nitrogens with two attached hydrogens (primary N) is 1. The minimum absolute atomic E-state index is 0.308. The summed E-state index contributed by atoms with van der Waals surface area (Å²) in [5.41, 5.74) is 12.4.